The summed E-state index contributed by atoms with van der Waals surface area (Å²) in [6, 6.07) is 0. The van der Waals surface area contributed by atoms with Gasteiger partial charge in [0.15, 0.2) is 0 Å². The third-order valence-corrected chi connectivity index (χ3v) is 3.09. The van der Waals surface area contributed by atoms with Crippen LogP contribution in [0.25, 0.3) is 0 Å². The minimum absolute atomic E-state index is 0.203. The number of hydrogen-bond donors (Lipinski definition) is 0. The molecule has 0 bridgehead atoms. The van der Waals surface area contributed by atoms with Crippen molar-refractivity contribution in [3.63, 3.8) is 0 Å². The molecule has 0 saturated carbocycles. The van der Waals surface area contributed by atoms with Gasteiger partial charge in [-0.15, -0.1) is 10.2 Å². The van der Waals surface area contributed by atoms with Crippen molar-refractivity contribution in [1.29, 1.82) is 0 Å². The number of aromatic nitrogens is 2. The molecule has 0 spiro atoms. The first-order valence-corrected chi connectivity index (χ1v) is 5.97. The zero-order chi connectivity index (χ0) is 13.0. The molecule has 1 rings (SSSR count). The van der Waals surface area contributed by atoms with E-state index in [0.717, 1.165) is 11.3 Å². The maximum absolute atomic E-state index is 11.8. The second-order valence-electron chi connectivity index (χ2n) is 3.47. The highest BCUT2D eigenvalue weighted by molar-refractivity contribution is 7.17. The minimum atomic E-state index is -0.391. The van der Waals surface area contributed by atoms with Crippen LogP contribution in [0.2, 0.25) is 4.47 Å². The first kappa shape index (κ1) is 13.9. The minimum Gasteiger partial charge on any atom is -0.469 e. The average molecular weight is 278 g/mol. The molecule has 94 valence electrons. The highest BCUT2D eigenvalue weighted by Gasteiger charge is 2.21. The summed E-state index contributed by atoms with van der Waals surface area (Å²) < 4.78 is 4.79. The van der Waals surface area contributed by atoms with Crippen LogP contribution in [0.1, 0.15) is 16.7 Å². The summed E-state index contributed by atoms with van der Waals surface area (Å²) in [6.07, 6.45) is 0. The normalized spacial score (nSPS) is 12.0. The van der Waals surface area contributed by atoms with Gasteiger partial charge in [0.25, 0.3) is 5.91 Å². The second kappa shape index (κ2) is 5.92. The van der Waals surface area contributed by atoms with E-state index in [-0.39, 0.29) is 27.9 Å². The van der Waals surface area contributed by atoms with Gasteiger partial charge in [0, 0.05) is 13.6 Å². The van der Waals surface area contributed by atoms with Crippen molar-refractivity contribution in [3.8, 4) is 0 Å². The summed E-state index contributed by atoms with van der Waals surface area (Å²) in [5, 5.41) is 7.39. The van der Waals surface area contributed by atoms with Gasteiger partial charge in [-0.1, -0.05) is 18.3 Å². The van der Waals surface area contributed by atoms with Gasteiger partial charge in [-0.05, 0) is 11.6 Å². The van der Waals surface area contributed by atoms with Crippen molar-refractivity contribution >= 4 is 34.8 Å². The van der Waals surface area contributed by atoms with Gasteiger partial charge in [-0.3, -0.25) is 9.59 Å². The summed E-state index contributed by atoms with van der Waals surface area (Å²) in [6.45, 7) is 1.94. The molecule has 17 heavy (non-hydrogen) atoms. The molecule has 0 fully saturated rings. The van der Waals surface area contributed by atoms with E-state index < -0.39 is 5.92 Å². The molecule has 0 aliphatic carbocycles. The Morgan fingerprint density at radius 1 is 1.53 bits per heavy atom. The summed E-state index contributed by atoms with van der Waals surface area (Å²) in [4.78, 5) is 24.4. The fourth-order valence-corrected chi connectivity index (χ4v) is 2.05. The smallest absolute Gasteiger partial charge is 0.310 e. The van der Waals surface area contributed by atoms with Crippen LogP contribution in [0.4, 0.5) is 0 Å². The highest BCUT2D eigenvalue weighted by Crippen LogP contribution is 2.16. The second-order valence-corrected chi connectivity index (χ2v) is 5.03. The van der Waals surface area contributed by atoms with Gasteiger partial charge >= 0.3 is 5.97 Å². The first-order chi connectivity index (χ1) is 7.95. The number of amides is 1. The standard InChI is InChI=1S/C9H12ClN3O3S/c1-5(8(15)16-3)4-13(2)7(14)6-11-12-9(10)17-6/h5H,4H2,1-3H3. The predicted molar refractivity (Wildman–Crippen MR) is 63.1 cm³/mol. The Bertz CT molecular complexity index is 423. The summed E-state index contributed by atoms with van der Waals surface area (Å²) >= 11 is 6.59. The van der Waals surface area contributed by atoms with E-state index >= 15 is 0 Å². The molecule has 1 amide bonds. The Labute approximate surface area is 108 Å². The number of rotatable bonds is 4. The Kier molecular flexibility index (Phi) is 4.83. The van der Waals surface area contributed by atoms with Crippen molar-refractivity contribution in [2.24, 2.45) is 5.92 Å². The highest BCUT2D eigenvalue weighted by atomic mass is 35.5. The fraction of sp³-hybridized carbons (Fsp3) is 0.556. The SMILES string of the molecule is COC(=O)C(C)CN(C)C(=O)c1nnc(Cl)s1. The Morgan fingerprint density at radius 3 is 2.65 bits per heavy atom. The van der Waals surface area contributed by atoms with Gasteiger partial charge in [0.2, 0.25) is 9.47 Å². The number of carbonyl (C=O) groups excluding carboxylic acids is 2. The molecule has 1 aromatic rings. The molecule has 1 aromatic heterocycles. The molecule has 0 aromatic carbocycles. The van der Waals surface area contributed by atoms with Crippen molar-refractivity contribution < 1.29 is 14.3 Å². The molecule has 0 saturated heterocycles. The molecule has 0 aliphatic heterocycles. The lowest BCUT2D eigenvalue weighted by Crippen LogP contribution is -2.34. The molecule has 0 aliphatic rings. The number of ether oxygens (including phenoxy) is 1. The van der Waals surface area contributed by atoms with E-state index in [9.17, 15) is 9.59 Å². The van der Waals surface area contributed by atoms with Gasteiger partial charge in [0.1, 0.15) is 0 Å². The fourth-order valence-electron chi connectivity index (χ4n) is 1.22. The van der Waals surface area contributed by atoms with E-state index in [1.807, 2.05) is 0 Å². The van der Waals surface area contributed by atoms with Gasteiger partial charge < -0.3 is 9.64 Å². The predicted octanol–water partition coefficient (Wildman–Crippen LogP) is 1.07. The zero-order valence-electron chi connectivity index (χ0n) is 9.64. The topological polar surface area (TPSA) is 72.4 Å². The van der Waals surface area contributed by atoms with Crippen LogP contribution in [-0.2, 0) is 9.53 Å². The van der Waals surface area contributed by atoms with Crippen molar-refractivity contribution in [3.05, 3.63) is 9.47 Å². The Balaban J connectivity index is 2.62. The van der Waals surface area contributed by atoms with Crippen LogP contribution in [-0.4, -0.2) is 47.7 Å². The summed E-state index contributed by atoms with van der Waals surface area (Å²) in [7, 11) is 2.89. The molecule has 0 radical (unpaired) electrons. The number of hydrogen-bond acceptors (Lipinski definition) is 6. The van der Waals surface area contributed by atoms with Crippen LogP contribution in [0.5, 0.6) is 0 Å². The lowest BCUT2D eigenvalue weighted by atomic mass is 10.2. The average Bonchev–Trinajstić information content (AvgIpc) is 2.73. The van der Waals surface area contributed by atoms with E-state index in [1.165, 1.54) is 12.0 Å². The van der Waals surface area contributed by atoms with Crippen LogP contribution < -0.4 is 0 Å². The summed E-state index contributed by atoms with van der Waals surface area (Å²) in [5.74, 6) is -1.07. The monoisotopic (exact) mass is 277 g/mol. The Morgan fingerprint density at radius 2 is 2.18 bits per heavy atom. The molecular weight excluding hydrogens is 266 g/mol. The Hall–Kier alpha value is -1.21. The van der Waals surface area contributed by atoms with E-state index in [1.54, 1.807) is 14.0 Å². The quantitative estimate of drug-likeness (QED) is 0.770. The number of esters is 1. The molecule has 6 nitrogen and oxygen atoms in total. The van der Waals surface area contributed by atoms with Crippen LogP contribution >= 0.6 is 22.9 Å². The van der Waals surface area contributed by atoms with Gasteiger partial charge in [-0.2, -0.15) is 0 Å². The molecule has 1 atom stereocenters. The third kappa shape index (κ3) is 3.64. The van der Waals surface area contributed by atoms with Crippen molar-refractivity contribution in [1.82, 2.24) is 15.1 Å². The van der Waals surface area contributed by atoms with Crippen LogP contribution in [0.15, 0.2) is 0 Å². The lowest BCUT2D eigenvalue weighted by molar-refractivity contribution is -0.145. The van der Waals surface area contributed by atoms with Gasteiger partial charge in [-0.25, -0.2) is 0 Å². The van der Waals surface area contributed by atoms with E-state index in [0.29, 0.717) is 0 Å². The molecular formula is C9H12ClN3O3S. The lowest BCUT2D eigenvalue weighted by Gasteiger charge is -2.18. The molecule has 8 heteroatoms. The third-order valence-electron chi connectivity index (χ3n) is 2.08. The zero-order valence-corrected chi connectivity index (χ0v) is 11.2. The van der Waals surface area contributed by atoms with Gasteiger partial charge in [0.05, 0.1) is 13.0 Å². The maximum atomic E-state index is 11.8. The van der Waals surface area contributed by atoms with Crippen molar-refractivity contribution in [2.45, 2.75) is 6.92 Å². The number of nitrogens with zero attached hydrogens (tertiary/aromatic N) is 3. The van der Waals surface area contributed by atoms with E-state index in [4.69, 9.17) is 11.6 Å². The number of carbonyl (C=O) groups is 2. The summed E-state index contributed by atoms with van der Waals surface area (Å²) in [5.41, 5.74) is 0. The number of halogens is 1. The largest absolute Gasteiger partial charge is 0.469 e. The maximum Gasteiger partial charge on any atom is 0.310 e. The number of methoxy groups -OCH3 is 1. The first-order valence-electron chi connectivity index (χ1n) is 4.78. The molecule has 1 heterocycles. The molecule has 1 unspecified atom stereocenters. The molecule has 0 N–H and O–H groups in total. The van der Waals surface area contributed by atoms with Crippen LogP contribution in [0, 0.1) is 5.92 Å². The van der Waals surface area contributed by atoms with E-state index in [2.05, 4.69) is 14.9 Å². The van der Waals surface area contributed by atoms with Crippen LogP contribution in [0.3, 0.4) is 0 Å². The van der Waals surface area contributed by atoms with Crippen molar-refractivity contribution in [2.75, 3.05) is 20.7 Å².